The van der Waals surface area contributed by atoms with Gasteiger partial charge in [0, 0.05) is 18.9 Å². The van der Waals surface area contributed by atoms with E-state index in [-0.39, 0.29) is 0 Å². The maximum Gasteiger partial charge on any atom is 0.242 e. The van der Waals surface area contributed by atoms with Crippen LogP contribution in [-0.2, 0) is 6.54 Å². The van der Waals surface area contributed by atoms with E-state index >= 15 is 0 Å². The monoisotopic (exact) mass is 243 g/mol. The van der Waals surface area contributed by atoms with Crippen LogP contribution >= 0.6 is 0 Å². The minimum absolute atomic E-state index is 0.313. The predicted molar refractivity (Wildman–Crippen MR) is 70.7 cm³/mol. The van der Waals surface area contributed by atoms with Crippen molar-refractivity contribution >= 4 is 0 Å². The van der Waals surface area contributed by atoms with E-state index in [1.165, 1.54) is 5.56 Å². The Morgan fingerprint density at radius 2 is 1.72 bits per heavy atom. The van der Waals surface area contributed by atoms with E-state index in [9.17, 15) is 0 Å². The summed E-state index contributed by atoms with van der Waals surface area (Å²) < 4.78 is 5.89. The Morgan fingerprint density at radius 3 is 2.44 bits per heavy atom. The van der Waals surface area contributed by atoms with Crippen molar-refractivity contribution in [2.75, 3.05) is 0 Å². The molecule has 0 saturated heterocycles. The second-order valence-corrected chi connectivity index (χ2v) is 4.27. The van der Waals surface area contributed by atoms with Crippen LogP contribution in [0.2, 0.25) is 0 Å². The first kappa shape index (κ1) is 12.5. The van der Waals surface area contributed by atoms with Crippen LogP contribution in [-0.4, -0.2) is 9.97 Å². The molecule has 18 heavy (non-hydrogen) atoms. The van der Waals surface area contributed by atoms with Crippen molar-refractivity contribution in [2.45, 2.75) is 27.3 Å². The molecule has 1 heterocycles. The number of hydrogen-bond acceptors (Lipinski definition) is 4. The van der Waals surface area contributed by atoms with Crippen LogP contribution < -0.4 is 10.5 Å². The van der Waals surface area contributed by atoms with Gasteiger partial charge in [0.2, 0.25) is 5.88 Å². The Hall–Kier alpha value is -1.94. The lowest BCUT2D eigenvalue weighted by Gasteiger charge is -2.14. The molecule has 2 aromatic rings. The number of nitrogens with zero attached hydrogens (tertiary/aromatic N) is 2. The third-order valence-electron chi connectivity index (χ3n) is 3.00. The van der Waals surface area contributed by atoms with E-state index in [0.29, 0.717) is 18.1 Å². The lowest BCUT2D eigenvalue weighted by atomic mass is 10.1. The fourth-order valence-corrected chi connectivity index (χ4v) is 1.76. The van der Waals surface area contributed by atoms with Gasteiger partial charge in [-0.1, -0.05) is 12.1 Å². The standard InChI is InChI=1S/C14H17N3O/c1-9-4-5-10(2)13(11(9)3)18-14-12(8-15)16-6-7-17-14/h4-7H,8,15H2,1-3H3. The first-order chi connectivity index (χ1) is 8.63. The zero-order chi connectivity index (χ0) is 13.1. The normalized spacial score (nSPS) is 10.4. The SMILES string of the molecule is Cc1ccc(C)c(Oc2nccnc2CN)c1C. The van der Waals surface area contributed by atoms with Crippen molar-refractivity contribution in [3.05, 3.63) is 46.9 Å². The summed E-state index contributed by atoms with van der Waals surface area (Å²) in [4.78, 5) is 8.35. The van der Waals surface area contributed by atoms with Crippen molar-refractivity contribution in [1.29, 1.82) is 0 Å². The summed E-state index contributed by atoms with van der Waals surface area (Å²) >= 11 is 0. The fraction of sp³-hybridized carbons (Fsp3) is 0.286. The Balaban J connectivity index is 2.43. The molecule has 2 rings (SSSR count). The Kier molecular flexibility index (Phi) is 3.58. The van der Waals surface area contributed by atoms with Crippen LogP contribution in [0.1, 0.15) is 22.4 Å². The Bertz CT molecular complexity index is 567. The van der Waals surface area contributed by atoms with Crippen molar-refractivity contribution in [1.82, 2.24) is 9.97 Å². The van der Waals surface area contributed by atoms with E-state index in [1.54, 1.807) is 12.4 Å². The average molecular weight is 243 g/mol. The molecule has 2 N–H and O–H groups in total. The molecule has 0 amide bonds. The molecule has 0 fully saturated rings. The van der Waals surface area contributed by atoms with E-state index in [2.05, 4.69) is 23.0 Å². The number of ether oxygens (including phenoxy) is 1. The van der Waals surface area contributed by atoms with Gasteiger partial charge in [0.25, 0.3) is 0 Å². The third kappa shape index (κ3) is 2.33. The van der Waals surface area contributed by atoms with E-state index in [0.717, 1.165) is 16.9 Å². The summed E-state index contributed by atoms with van der Waals surface area (Å²) in [5.41, 5.74) is 9.67. The number of hydrogen-bond donors (Lipinski definition) is 1. The van der Waals surface area contributed by atoms with Crippen LogP contribution in [0.25, 0.3) is 0 Å². The molecule has 0 saturated carbocycles. The highest BCUT2D eigenvalue weighted by atomic mass is 16.5. The summed E-state index contributed by atoms with van der Waals surface area (Å²) in [5.74, 6) is 1.32. The Morgan fingerprint density at radius 1 is 1.06 bits per heavy atom. The molecule has 0 aliphatic heterocycles. The highest BCUT2D eigenvalue weighted by molar-refractivity contribution is 5.46. The molecular formula is C14H17N3O. The van der Waals surface area contributed by atoms with Crippen molar-refractivity contribution in [3.63, 3.8) is 0 Å². The smallest absolute Gasteiger partial charge is 0.242 e. The molecule has 1 aromatic carbocycles. The highest BCUT2D eigenvalue weighted by Crippen LogP contribution is 2.30. The summed E-state index contributed by atoms with van der Waals surface area (Å²) in [6, 6.07) is 4.12. The molecular weight excluding hydrogens is 226 g/mol. The number of benzene rings is 1. The molecule has 0 spiro atoms. The minimum atomic E-state index is 0.313. The summed E-state index contributed by atoms with van der Waals surface area (Å²) in [6.45, 7) is 6.42. The molecule has 0 unspecified atom stereocenters. The zero-order valence-electron chi connectivity index (χ0n) is 10.9. The summed E-state index contributed by atoms with van der Waals surface area (Å²) in [7, 11) is 0. The molecule has 4 heteroatoms. The number of nitrogens with two attached hydrogens (primary N) is 1. The first-order valence-electron chi connectivity index (χ1n) is 5.88. The Labute approximate surface area is 107 Å². The van der Waals surface area contributed by atoms with Gasteiger partial charge in [-0.05, 0) is 37.5 Å². The van der Waals surface area contributed by atoms with Crippen LogP contribution in [0.3, 0.4) is 0 Å². The van der Waals surface area contributed by atoms with Crippen LogP contribution in [0.4, 0.5) is 0 Å². The lowest BCUT2D eigenvalue weighted by molar-refractivity contribution is 0.445. The fourth-order valence-electron chi connectivity index (χ4n) is 1.76. The van der Waals surface area contributed by atoms with Gasteiger partial charge in [-0.25, -0.2) is 4.98 Å². The second kappa shape index (κ2) is 5.14. The molecule has 0 aliphatic carbocycles. The predicted octanol–water partition coefficient (Wildman–Crippen LogP) is 2.65. The van der Waals surface area contributed by atoms with Crippen molar-refractivity contribution in [2.24, 2.45) is 5.73 Å². The molecule has 4 nitrogen and oxygen atoms in total. The van der Waals surface area contributed by atoms with Crippen LogP contribution in [0.15, 0.2) is 24.5 Å². The maximum absolute atomic E-state index is 5.89. The third-order valence-corrected chi connectivity index (χ3v) is 3.00. The van der Waals surface area contributed by atoms with Gasteiger partial charge in [0.15, 0.2) is 0 Å². The number of aromatic nitrogens is 2. The lowest BCUT2D eigenvalue weighted by Crippen LogP contribution is -2.04. The van der Waals surface area contributed by atoms with Gasteiger partial charge in [-0.15, -0.1) is 0 Å². The molecule has 0 atom stereocenters. The van der Waals surface area contributed by atoms with Crippen LogP contribution in [0, 0.1) is 20.8 Å². The van der Waals surface area contributed by atoms with Gasteiger partial charge >= 0.3 is 0 Å². The van der Waals surface area contributed by atoms with E-state index in [4.69, 9.17) is 10.5 Å². The zero-order valence-corrected chi connectivity index (χ0v) is 10.9. The summed E-state index contributed by atoms with van der Waals surface area (Å²) in [6.07, 6.45) is 3.22. The number of rotatable bonds is 3. The van der Waals surface area contributed by atoms with E-state index < -0.39 is 0 Å². The highest BCUT2D eigenvalue weighted by Gasteiger charge is 2.11. The van der Waals surface area contributed by atoms with Gasteiger partial charge in [-0.3, -0.25) is 4.98 Å². The van der Waals surface area contributed by atoms with Gasteiger partial charge in [0.1, 0.15) is 11.4 Å². The first-order valence-corrected chi connectivity index (χ1v) is 5.88. The second-order valence-electron chi connectivity index (χ2n) is 4.27. The molecule has 94 valence electrons. The topological polar surface area (TPSA) is 61.0 Å². The van der Waals surface area contributed by atoms with E-state index in [1.807, 2.05) is 19.9 Å². The molecule has 1 aromatic heterocycles. The molecule has 0 bridgehead atoms. The quantitative estimate of drug-likeness (QED) is 0.900. The summed E-state index contributed by atoms with van der Waals surface area (Å²) in [5, 5.41) is 0. The van der Waals surface area contributed by atoms with Crippen LogP contribution in [0.5, 0.6) is 11.6 Å². The van der Waals surface area contributed by atoms with Crippen molar-refractivity contribution in [3.8, 4) is 11.6 Å². The van der Waals surface area contributed by atoms with Gasteiger partial charge < -0.3 is 10.5 Å². The molecule has 0 aliphatic rings. The largest absolute Gasteiger partial charge is 0.437 e. The maximum atomic E-state index is 5.89. The van der Waals surface area contributed by atoms with Gasteiger partial charge in [0.05, 0.1) is 0 Å². The van der Waals surface area contributed by atoms with Crippen molar-refractivity contribution < 1.29 is 4.74 Å². The molecule has 0 radical (unpaired) electrons. The average Bonchev–Trinajstić information content (AvgIpc) is 2.39. The van der Waals surface area contributed by atoms with Gasteiger partial charge in [-0.2, -0.15) is 0 Å². The number of aryl methyl sites for hydroxylation is 2. The minimum Gasteiger partial charge on any atom is -0.437 e.